The first-order chi connectivity index (χ1) is 30.2. The van der Waals surface area contributed by atoms with Crippen LogP contribution in [0.4, 0.5) is 0 Å². The molecule has 3 atom stereocenters. The van der Waals surface area contributed by atoms with Crippen LogP contribution in [-0.2, 0) is 32.7 Å². The minimum Gasteiger partial charge on any atom is -0.480 e. The minimum absolute atomic E-state index is 0.0264. The van der Waals surface area contributed by atoms with Gasteiger partial charge in [0.15, 0.2) is 0 Å². The molecule has 370 valence electrons. The molecular weight excluding hydrogens is 802 g/mol. The Hall–Kier alpha value is -1.03. The maximum atomic E-state index is 12.7. The van der Waals surface area contributed by atoms with E-state index in [0.717, 1.165) is 38.5 Å². The van der Waals surface area contributed by atoms with Gasteiger partial charge >= 0.3 is 19.8 Å². The number of unbranched alkanes of at least 4 members (excludes halogenated alkanes) is 38. The number of phosphoric ester groups is 1. The number of nitrogens with two attached hydrogens (primary N) is 1. The molecule has 0 saturated heterocycles. The Kier molecular flexibility index (Phi) is 47.1. The van der Waals surface area contributed by atoms with Crippen LogP contribution in [0.2, 0.25) is 0 Å². The number of rotatable bonds is 52. The van der Waals surface area contributed by atoms with E-state index in [1.807, 2.05) is 0 Å². The predicted molar refractivity (Wildman–Crippen MR) is 259 cm³/mol. The maximum absolute atomic E-state index is 12.7. The van der Waals surface area contributed by atoms with E-state index in [2.05, 4.69) is 13.8 Å². The molecule has 0 aromatic heterocycles. The molecule has 0 saturated carbocycles. The first-order valence-electron chi connectivity index (χ1n) is 26.6. The van der Waals surface area contributed by atoms with Gasteiger partial charge in [-0.1, -0.05) is 258 Å². The highest BCUT2D eigenvalue weighted by Gasteiger charge is 2.27. The van der Waals surface area contributed by atoms with Gasteiger partial charge in [0.1, 0.15) is 12.1 Å². The van der Waals surface area contributed by atoms with Gasteiger partial charge in [-0.15, -0.1) is 0 Å². The molecule has 0 aromatic rings. The van der Waals surface area contributed by atoms with Crippen LogP contribution < -0.4 is 5.73 Å². The minimum atomic E-state index is -4.61. The molecule has 0 aliphatic carbocycles. The largest absolute Gasteiger partial charge is 0.480 e. The standard InChI is InChI=1S/C51H102NO9P/c1-3-5-7-9-11-13-15-17-19-21-22-23-24-25-26-27-29-31-33-35-37-39-41-43-50(53)61-48(46-59-62(56,57)60-47-49(52)51(54)55)45-58-44-42-40-38-36-34-32-30-28-20-18-16-14-12-10-8-6-4-2/h48-49H,3-47,52H2,1-2H3,(H,54,55)(H,56,57). The van der Waals surface area contributed by atoms with Crippen LogP contribution in [0.1, 0.15) is 277 Å². The quantitative estimate of drug-likeness (QED) is 0.0305. The van der Waals surface area contributed by atoms with Gasteiger partial charge in [0.05, 0.1) is 19.8 Å². The number of carbonyl (C=O) groups excluding carboxylic acids is 1. The molecule has 0 aromatic carbocycles. The Morgan fingerprint density at radius 2 is 0.742 bits per heavy atom. The lowest BCUT2D eigenvalue weighted by Gasteiger charge is -2.20. The summed E-state index contributed by atoms with van der Waals surface area (Å²) in [5.74, 6) is -1.76. The van der Waals surface area contributed by atoms with Gasteiger partial charge in [-0.25, -0.2) is 4.57 Å². The average molecular weight is 904 g/mol. The maximum Gasteiger partial charge on any atom is 0.472 e. The number of hydrogen-bond acceptors (Lipinski definition) is 8. The molecule has 0 bridgehead atoms. The molecule has 62 heavy (non-hydrogen) atoms. The van der Waals surface area contributed by atoms with Gasteiger partial charge in [0.25, 0.3) is 0 Å². The molecular formula is C51H102NO9P. The van der Waals surface area contributed by atoms with Crippen molar-refractivity contribution in [1.29, 1.82) is 0 Å². The predicted octanol–water partition coefficient (Wildman–Crippen LogP) is 15.5. The first-order valence-corrected chi connectivity index (χ1v) is 28.1. The van der Waals surface area contributed by atoms with Gasteiger partial charge in [0.2, 0.25) is 0 Å². The zero-order valence-electron chi connectivity index (χ0n) is 40.8. The third-order valence-electron chi connectivity index (χ3n) is 12.1. The lowest BCUT2D eigenvalue weighted by atomic mass is 10.0. The van der Waals surface area contributed by atoms with Crippen LogP contribution in [0.25, 0.3) is 0 Å². The third kappa shape index (κ3) is 46.9. The summed E-state index contributed by atoms with van der Waals surface area (Å²) in [4.78, 5) is 33.7. The molecule has 10 nitrogen and oxygen atoms in total. The van der Waals surface area contributed by atoms with Crippen LogP contribution in [0, 0.1) is 0 Å². The highest BCUT2D eigenvalue weighted by molar-refractivity contribution is 7.47. The summed E-state index contributed by atoms with van der Waals surface area (Å²) in [7, 11) is -4.61. The Balaban J connectivity index is 4.04. The number of carboxylic acids is 1. The van der Waals surface area contributed by atoms with E-state index >= 15 is 0 Å². The molecule has 0 aliphatic rings. The van der Waals surface area contributed by atoms with Gasteiger partial charge in [-0.3, -0.25) is 18.6 Å². The number of carboxylic acid groups (broad SMARTS) is 1. The van der Waals surface area contributed by atoms with Crippen LogP contribution in [0.5, 0.6) is 0 Å². The van der Waals surface area contributed by atoms with Crippen LogP contribution >= 0.6 is 7.82 Å². The van der Waals surface area contributed by atoms with Crippen LogP contribution in [-0.4, -0.2) is 60.5 Å². The van der Waals surface area contributed by atoms with Crippen molar-refractivity contribution in [2.75, 3.05) is 26.4 Å². The van der Waals surface area contributed by atoms with Crippen molar-refractivity contribution in [3.05, 3.63) is 0 Å². The number of carbonyl (C=O) groups is 2. The summed E-state index contributed by atoms with van der Waals surface area (Å²) in [5, 5.41) is 8.93. The molecule has 0 spiro atoms. The highest BCUT2D eigenvalue weighted by Crippen LogP contribution is 2.43. The summed E-state index contributed by atoms with van der Waals surface area (Å²) in [5.41, 5.74) is 5.38. The zero-order valence-corrected chi connectivity index (χ0v) is 41.6. The van der Waals surface area contributed by atoms with E-state index in [9.17, 15) is 19.0 Å². The van der Waals surface area contributed by atoms with Gasteiger partial charge in [-0.05, 0) is 12.8 Å². The molecule has 0 rings (SSSR count). The SMILES string of the molecule is CCCCCCCCCCCCCCCCCCCCCCCCCC(=O)OC(COCCCCCCCCCCCCCCCCCCC)COP(=O)(O)OCC(N)C(=O)O. The molecule has 11 heteroatoms. The van der Waals surface area contributed by atoms with E-state index in [0.29, 0.717) is 6.61 Å². The van der Waals surface area contributed by atoms with Crippen LogP contribution in [0.15, 0.2) is 0 Å². The molecule has 0 heterocycles. The molecule has 0 fully saturated rings. The molecule has 3 unspecified atom stereocenters. The van der Waals surface area contributed by atoms with Crippen molar-refractivity contribution in [2.24, 2.45) is 5.73 Å². The fourth-order valence-corrected chi connectivity index (χ4v) is 8.80. The lowest BCUT2D eigenvalue weighted by Crippen LogP contribution is -2.34. The van der Waals surface area contributed by atoms with E-state index in [-0.39, 0.29) is 13.0 Å². The summed E-state index contributed by atoms with van der Waals surface area (Å²) >= 11 is 0. The van der Waals surface area contributed by atoms with Crippen molar-refractivity contribution in [3.8, 4) is 0 Å². The number of esters is 1. The lowest BCUT2D eigenvalue weighted by molar-refractivity contribution is -0.154. The van der Waals surface area contributed by atoms with Crippen molar-refractivity contribution in [2.45, 2.75) is 289 Å². The van der Waals surface area contributed by atoms with E-state index < -0.39 is 45.1 Å². The van der Waals surface area contributed by atoms with Crippen molar-refractivity contribution >= 4 is 19.8 Å². The summed E-state index contributed by atoms with van der Waals surface area (Å²) in [6.45, 7) is 3.96. The van der Waals surface area contributed by atoms with Gasteiger partial charge in [0, 0.05) is 13.0 Å². The smallest absolute Gasteiger partial charge is 0.472 e. The fourth-order valence-electron chi connectivity index (χ4n) is 8.02. The van der Waals surface area contributed by atoms with Gasteiger partial charge < -0.3 is 25.2 Å². The van der Waals surface area contributed by atoms with E-state index in [1.165, 1.54) is 218 Å². The van der Waals surface area contributed by atoms with E-state index in [1.54, 1.807) is 0 Å². The Morgan fingerprint density at radius 1 is 0.452 bits per heavy atom. The fraction of sp³-hybridized carbons (Fsp3) is 0.961. The second-order valence-electron chi connectivity index (χ2n) is 18.4. The van der Waals surface area contributed by atoms with Crippen molar-refractivity contribution < 1.29 is 42.7 Å². The van der Waals surface area contributed by atoms with Crippen molar-refractivity contribution in [1.82, 2.24) is 0 Å². The summed E-state index contributed by atoms with van der Waals surface area (Å²) in [6.07, 6.45) is 51.6. The first kappa shape index (κ1) is 61.0. The second-order valence-corrected chi connectivity index (χ2v) is 19.8. The summed E-state index contributed by atoms with van der Waals surface area (Å²) in [6, 6.07) is -1.47. The third-order valence-corrected chi connectivity index (χ3v) is 13.1. The Labute approximate surface area is 382 Å². The van der Waals surface area contributed by atoms with Crippen LogP contribution in [0.3, 0.4) is 0 Å². The number of ether oxygens (including phenoxy) is 2. The highest BCUT2D eigenvalue weighted by atomic mass is 31.2. The molecule has 0 amide bonds. The number of aliphatic carboxylic acids is 1. The normalized spacial score (nSPS) is 13.6. The topological polar surface area (TPSA) is 155 Å². The number of phosphoric acid groups is 1. The summed E-state index contributed by atoms with van der Waals surface area (Å²) < 4.78 is 33.5. The monoisotopic (exact) mass is 904 g/mol. The Bertz CT molecular complexity index is 1000. The number of hydrogen-bond donors (Lipinski definition) is 3. The van der Waals surface area contributed by atoms with Crippen molar-refractivity contribution in [3.63, 3.8) is 0 Å². The molecule has 0 aliphatic heterocycles. The second kappa shape index (κ2) is 47.9. The average Bonchev–Trinajstić information content (AvgIpc) is 3.25. The molecule has 0 radical (unpaired) electrons. The zero-order chi connectivity index (χ0) is 45.5. The Morgan fingerprint density at radius 3 is 1.06 bits per heavy atom. The van der Waals surface area contributed by atoms with E-state index in [4.69, 9.17) is 29.4 Å². The molecule has 4 N–H and O–H groups in total. The van der Waals surface area contributed by atoms with Gasteiger partial charge in [-0.2, -0.15) is 0 Å².